The third-order valence-electron chi connectivity index (χ3n) is 4.19. The molecule has 2 aromatic carbocycles. The van der Waals surface area contributed by atoms with Crippen LogP contribution in [-0.4, -0.2) is 0 Å². The Hall–Kier alpha value is -2.34. The minimum atomic E-state index is 0.580. The predicted molar refractivity (Wildman–Crippen MR) is 108 cm³/mol. The van der Waals surface area contributed by atoms with E-state index >= 15 is 0 Å². The lowest BCUT2D eigenvalue weighted by molar-refractivity contribution is 0.866. The van der Waals surface area contributed by atoms with Crippen LogP contribution in [-0.2, 0) is 0 Å². The van der Waals surface area contributed by atoms with Crippen LogP contribution in [0.4, 0.5) is 0 Å². The van der Waals surface area contributed by atoms with E-state index in [1.54, 1.807) is 0 Å². The van der Waals surface area contributed by atoms with Crippen molar-refractivity contribution in [3.05, 3.63) is 94.6 Å². The van der Waals surface area contributed by atoms with Gasteiger partial charge in [0.25, 0.3) is 0 Å². The molecule has 0 heterocycles. The number of allylic oxidation sites excluding steroid dienone is 5. The predicted octanol–water partition coefficient (Wildman–Crippen LogP) is 7.26. The summed E-state index contributed by atoms with van der Waals surface area (Å²) in [6.07, 6.45) is 6.51. The highest BCUT2D eigenvalue weighted by Gasteiger charge is 2.04. The molecule has 24 heavy (non-hydrogen) atoms. The molecule has 0 saturated heterocycles. The van der Waals surface area contributed by atoms with Crippen LogP contribution < -0.4 is 0 Å². The van der Waals surface area contributed by atoms with Gasteiger partial charge in [-0.1, -0.05) is 92.2 Å². The summed E-state index contributed by atoms with van der Waals surface area (Å²) < 4.78 is 0. The summed E-state index contributed by atoms with van der Waals surface area (Å²) >= 11 is 0. The second-order valence-electron chi connectivity index (χ2n) is 6.77. The zero-order valence-electron chi connectivity index (χ0n) is 15.5. The Bertz CT molecular complexity index is 734. The number of benzene rings is 2. The molecular weight excluding hydrogens is 288 g/mol. The van der Waals surface area contributed by atoms with Crippen LogP contribution in [0, 0.1) is 0 Å². The highest BCUT2D eigenvalue weighted by atomic mass is 14.1. The molecule has 0 bridgehead atoms. The van der Waals surface area contributed by atoms with E-state index in [2.05, 4.69) is 107 Å². The van der Waals surface area contributed by atoms with Crippen molar-refractivity contribution in [1.82, 2.24) is 0 Å². The van der Waals surface area contributed by atoms with E-state index in [0.717, 1.165) is 0 Å². The Kier molecular flexibility index (Phi) is 6.37. The topological polar surface area (TPSA) is 0 Å². The first-order valence-electron chi connectivity index (χ1n) is 8.67. The Labute approximate surface area is 147 Å². The SMILES string of the molecule is CC(C)=C(/C(C)=C/C=C/c1ccc(C(C)C)cc1)c1ccccc1. The van der Waals surface area contributed by atoms with Gasteiger partial charge in [-0.3, -0.25) is 0 Å². The molecule has 0 aromatic heterocycles. The fraction of sp³-hybridized carbons (Fsp3) is 0.250. The van der Waals surface area contributed by atoms with Crippen molar-refractivity contribution in [2.45, 2.75) is 40.5 Å². The first kappa shape index (κ1) is 18.0. The average Bonchev–Trinajstić information content (AvgIpc) is 2.56. The number of hydrogen-bond donors (Lipinski definition) is 0. The van der Waals surface area contributed by atoms with Gasteiger partial charge in [0.2, 0.25) is 0 Å². The first-order valence-corrected chi connectivity index (χ1v) is 8.67. The molecule has 0 aliphatic heterocycles. The second kappa shape index (κ2) is 8.49. The molecule has 0 unspecified atom stereocenters. The Morgan fingerprint density at radius 1 is 0.833 bits per heavy atom. The maximum Gasteiger partial charge on any atom is -0.0168 e. The Balaban J connectivity index is 2.19. The van der Waals surface area contributed by atoms with Crippen molar-refractivity contribution in [3.8, 4) is 0 Å². The summed E-state index contributed by atoms with van der Waals surface area (Å²) in [6.45, 7) is 11.0. The molecule has 0 spiro atoms. The standard InChI is InChI=1S/C24H28/c1-18(2)22-16-14-21(15-17-22)11-9-10-20(5)24(19(3)4)23-12-7-6-8-13-23/h6-18H,1-5H3/b11-9+,20-10+. The molecule has 0 aliphatic rings. The molecule has 0 N–H and O–H groups in total. The van der Waals surface area contributed by atoms with Crippen molar-refractivity contribution >= 4 is 11.6 Å². The van der Waals surface area contributed by atoms with Crippen molar-refractivity contribution in [1.29, 1.82) is 0 Å². The summed E-state index contributed by atoms with van der Waals surface area (Å²) in [4.78, 5) is 0. The van der Waals surface area contributed by atoms with Gasteiger partial charge in [-0.05, 0) is 54.5 Å². The Morgan fingerprint density at radius 3 is 2.00 bits per heavy atom. The fourth-order valence-electron chi connectivity index (χ4n) is 2.89. The van der Waals surface area contributed by atoms with Gasteiger partial charge < -0.3 is 0 Å². The van der Waals surface area contributed by atoms with Gasteiger partial charge in [-0.2, -0.15) is 0 Å². The number of rotatable bonds is 5. The van der Waals surface area contributed by atoms with Crippen LogP contribution in [0.1, 0.15) is 57.2 Å². The molecule has 2 rings (SSSR count). The minimum Gasteiger partial charge on any atom is -0.0683 e. The quantitative estimate of drug-likeness (QED) is 0.509. The van der Waals surface area contributed by atoms with Crippen LogP contribution in [0.25, 0.3) is 11.6 Å². The van der Waals surface area contributed by atoms with Gasteiger partial charge in [0, 0.05) is 0 Å². The third kappa shape index (κ3) is 4.83. The van der Waals surface area contributed by atoms with Crippen LogP contribution in [0.2, 0.25) is 0 Å². The van der Waals surface area contributed by atoms with E-state index in [-0.39, 0.29) is 0 Å². The smallest absolute Gasteiger partial charge is 0.0168 e. The van der Waals surface area contributed by atoms with Gasteiger partial charge in [-0.25, -0.2) is 0 Å². The third-order valence-corrected chi connectivity index (χ3v) is 4.19. The molecule has 0 heteroatoms. The summed E-state index contributed by atoms with van der Waals surface area (Å²) in [7, 11) is 0. The molecule has 0 saturated carbocycles. The summed E-state index contributed by atoms with van der Waals surface area (Å²) in [6, 6.07) is 19.4. The van der Waals surface area contributed by atoms with Crippen molar-refractivity contribution in [2.24, 2.45) is 0 Å². The molecule has 0 atom stereocenters. The van der Waals surface area contributed by atoms with Gasteiger partial charge in [0.1, 0.15) is 0 Å². The second-order valence-corrected chi connectivity index (χ2v) is 6.77. The van der Waals surface area contributed by atoms with E-state index in [9.17, 15) is 0 Å². The van der Waals surface area contributed by atoms with Crippen LogP contribution in [0.5, 0.6) is 0 Å². The lowest BCUT2D eigenvalue weighted by Gasteiger charge is -2.10. The average molecular weight is 316 g/mol. The fourth-order valence-corrected chi connectivity index (χ4v) is 2.89. The normalized spacial score (nSPS) is 12.0. The van der Waals surface area contributed by atoms with E-state index in [4.69, 9.17) is 0 Å². The van der Waals surface area contributed by atoms with E-state index in [1.165, 1.54) is 33.4 Å². The lowest BCUT2D eigenvalue weighted by atomic mass is 9.94. The zero-order chi connectivity index (χ0) is 17.5. The molecule has 0 radical (unpaired) electrons. The van der Waals surface area contributed by atoms with Crippen LogP contribution >= 0.6 is 0 Å². The molecule has 124 valence electrons. The van der Waals surface area contributed by atoms with Gasteiger partial charge >= 0.3 is 0 Å². The van der Waals surface area contributed by atoms with E-state index < -0.39 is 0 Å². The van der Waals surface area contributed by atoms with Crippen molar-refractivity contribution < 1.29 is 0 Å². The molecular formula is C24H28. The van der Waals surface area contributed by atoms with Gasteiger partial charge in [0.15, 0.2) is 0 Å². The molecule has 0 amide bonds. The van der Waals surface area contributed by atoms with Crippen LogP contribution in [0.3, 0.4) is 0 Å². The maximum atomic E-state index is 2.22. The molecule has 0 fully saturated rings. The number of hydrogen-bond acceptors (Lipinski definition) is 0. The highest BCUT2D eigenvalue weighted by Crippen LogP contribution is 2.26. The monoisotopic (exact) mass is 316 g/mol. The van der Waals surface area contributed by atoms with Crippen molar-refractivity contribution in [2.75, 3.05) is 0 Å². The molecule has 0 nitrogen and oxygen atoms in total. The highest BCUT2D eigenvalue weighted by molar-refractivity contribution is 5.81. The van der Waals surface area contributed by atoms with E-state index in [1.807, 2.05) is 0 Å². The van der Waals surface area contributed by atoms with E-state index in [0.29, 0.717) is 5.92 Å². The minimum absolute atomic E-state index is 0.580. The zero-order valence-corrected chi connectivity index (χ0v) is 15.5. The molecule has 0 aliphatic carbocycles. The summed E-state index contributed by atoms with van der Waals surface area (Å²) in [5.41, 5.74) is 7.86. The largest absolute Gasteiger partial charge is 0.0683 e. The van der Waals surface area contributed by atoms with Crippen molar-refractivity contribution in [3.63, 3.8) is 0 Å². The summed E-state index contributed by atoms with van der Waals surface area (Å²) in [5.74, 6) is 0.580. The molecule has 2 aromatic rings. The van der Waals surface area contributed by atoms with Crippen LogP contribution in [0.15, 0.2) is 77.9 Å². The Morgan fingerprint density at radius 2 is 1.46 bits per heavy atom. The first-order chi connectivity index (χ1) is 11.5. The van der Waals surface area contributed by atoms with Gasteiger partial charge in [-0.15, -0.1) is 0 Å². The summed E-state index contributed by atoms with van der Waals surface area (Å²) in [5, 5.41) is 0. The lowest BCUT2D eigenvalue weighted by Crippen LogP contribution is -1.89. The van der Waals surface area contributed by atoms with Gasteiger partial charge in [0.05, 0.1) is 0 Å². The maximum absolute atomic E-state index is 2.22.